The van der Waals surface area contributed by atoms with Gasteiger partial charge in [-0.15, -0.1) is 0 Å². The highest BCUT2D eigenvalue weighted by atomic mass is 19.1. The van der Waals surface area contributed by atoms with Crippen molar-refractivity contribution in [2.45, 2.75) is 37.2 Å². The van der Waals surface area contributed by atoms with Crippen molar-refractivity contribution in [1.82, 2.24) is 14.9 Å². The summed E-state index contributed by atoms with van der Waals surface area (Å²) in [5.74, 6) is -0.583. The van der Waals surface area contributed by atoms with E-state index in [9.17, 15) is 14.0 Å². The number of likely N-dealkylation sites (tertiary alicyclic amines) is 1. The lowest BCUT2D eigenvalue weighted by Crippen LogP contribution is -2.40. The number of carbonyl (C=O) groups excluding carboxylic acids is 2. The first kappa shape index (κ1) is 20.0. The van der Waals surface area contributed by atoms with Crippen LogP contribution in [0.5, 0.6) is 0 Å². The van der Waals surface area contributed by atoms with E-state index in [0.29, 0.717) is 25.1 Å². The molecule has 2 aliphatic heterocycles. The SMILES string of the molecule is Cc1cc(F)ccc1-c1ccc(C2(C(=O)N3CCC4(C3)OC(=O)c3cnccc34)CC2)cn1. The Labute approximate surface area is 190 Å². The number of carbonyl (C=O) groups is 2. The monoisotopic (exact) mass is 443 g/mol. The summed E-state index contributed by atoms with van der Waals surface area (Å²) in [5, 5.41) is 0. The molecule has 2 fully saturated rings. The lowest BCUT2D eigenvalue weighted by molar-refractivity contribution is -0.134. The molecule has 7 heteroatoms. The molecule has 33 heavy (non-hydrogen) atoms. The average Bonchev–Trinajstić information content (AvgIpc) is 3.45. The average molecular weight is 443 g/mol. The minimum Gasteiger partial charge on any atom is -0.449 e. The minimum atomic E-state index is -0.774. The number of hydrogen-bond donors (Lipinski definition) is 0. The van der Waals surface area contributed by atoms with Gasteiger partial charge in [-0.1, -0.05) is 6.07 Å². The summed E-state index contributed by atoms with van der Waals surface area (Å²) < 4.78 is 19.2. The highest BCUT2D eigenvalue weighted by molar-refractivity contribution is 5.95. The third-order valence-corrected chi connectivity index (χ3v) is 7.28. The van der Waals surface area contributed by atoms with E-state index < -0.39 is 11.0 Å². The first-order valence-electron chi connectivity index (χ1n) is 11.1. The van der Waals surface area contributed by atoms with Crippen molar-refractivity contribution >= 4 is 11.9 Å². The highest BCUT2D eigenvalue weighted by Gasteiger charge is 2.58. The molecule has 0 radical (unpaired) electrons. The van der Waals surface area contributed by atoms with Crippen LogP contribution in [-0.2, 0) is 20.5 Å². The van der Waals surface area contributed by atoms with Crippen molar-refractivity contribution in [3.05, 3.63) is 83.1 Å². The Morgan fingerprint density at radius 3 is 2.67 bits per heavy atom. The van der Waals surface area contributed by atoms with Gasteiger partial charge in [-0.25, -0.2) is 9.18 Å². The number of esters is 1. The standard InChI is InChI=1S/C26H22FN3O3/c1-16-12-18(27)3-4-19(16)22-5-2-17(13-29-22)25(7-8-25)24(32)30-11-9-26(15-30)21-6-10-28-14-20(21)23(31)33-26/h2-6,10,12-14H,7-9,11,15H2,1H3. The van der Waals surface area contributed by atoms with Crippen molar-refractivity contribution in [3.63, 3.8) is 0 Å². The molecule has 1 unspecified atom stereocenters. The molecule has 1 saturated carbocycles. The first-order chi connectivity index (χ1) is 15.9. The van der Waals surface area contributed by atoms with E-state index in [2.05, 4.69) is 9.97 Å². The summed E-state index contributed by atoms with van der Waals surface area (Å²) in [4.78, 5) is 36.4. The predicted octanol–water partition coefficient (Wildman–Crippen LogP) is 3.92. The van der Waals surface area contributed by atoms with E-state index in [0.717, 1.165) is 40.8 Å². The van der Waals surface area contributed by atoms with Gasteiger partial charge in [-0.2, -0.15) is 0 Å². The fourth-order valence-electron chi connectivity index (χ4n) is 5.30. The number of rotatable bonds is 3. The van der Waals surface area contributed by atoms with Gasteiger partial charge in [0, 0.05) is 42.7 Å². The third kappa shape index (κ3) is 2.98. The molecule has 6 nitrogen and oxygen atoms in total. The number of aromatic nitrogens is 2. The summed E-state index contributed by atoms with van der Waals surface area (Å²) in [6.45, 7) is 2.75. The van der Waals surface area contributed by atoms with Crippen LogP contribution in [0.4, 0.5) is 4.39 Å². The molecule has 1 saturated heterocycles. The number of halogens is 1. The van der Waals surface area contributed by atoms with Crippen molar-refractivity contribution < 1.29 is 18.7 Å². The fraction of sp³-hybridized carbons (Fsp3) is 0.308. The number of fused-ring (bicyclic) bond motifs is 2. The van der Waals surface area contributed by atoms with Crippen LogP contribution in [-0.4, -0.2) is 39.8 Å². The van der Waals surface area contributed by atoms with Crippen LogP contribution >= 0.6 is 0 Å². The Bertz CT molecular complexity index is 1300. The number of aryl methyl sites for hydroxylation is 1. The topological polar surface area (TPSA) is 72.4 Å². The number of hydrogen-bond acceptors (Lipinski definition) is 5. The molecule has 0 bridgehead atoms. The molecule has 1 aromatic carbocycles. The smallest absolute Gasteiger partial charge is 0.341 e. The van der Waals surface area contributed by atoms with Crippen LogP contribution in [0.1, 0.15) is 46.3 Å². The van der Waals surface area contributed by atoms with Crippen LogP contribution in [0.3, 0.4) is 0 Å². The first-order valence-corrected chi connectivity index (χ1v) is 11.1. The number of amides is 1. The molecule has 0 N–H and O–H groups in total. The second-order valence-corrected chi connectivity index (χ2v) is 9.26. The van der Waals surface area contributed by atoms with Crippen LogP contribution in [0.2, 0.25) is 0 Å². The summed E-state index contributed by atoms with van der Waals surface area (Å²) >= 11 is 0. The predicted molar refractivity (Wildman–Crippen MR) is 118 cm³/mol. The lowest BCUT2D eigenvalue weighted by Gasteiger charge is -2.26. The summed E-state index contributed by atoms with van der Waals surface area (Å²) in [6.07, 6.45) is 7.09. The van der Waals surface area contributed by atoms with E-state index in [1.807, 2.05) is 30.0 Å². The van der Waals surface area contributed by atoms with Gasteiger partial charge in [0.2, 0.25) is 5.91 Å². The normalized spacial score (nSPS) is 22.4. The molecule has 166 valence electrons. The van der Waals surface area contributed by atoms with E-state index in [4.69, 9.17) is 4.74 Å². The highest BCUT2D eigenvalue weighted by Crippen LogP contribution is 2.52. The molecule has 1 amide bonds. The Morgan fingerprint density at radius 2 is 1.94 bits per heavy atom. The van der Waals surface area contributed by atoms with Gasteiger partial charge in [0.15, 0.2) is 5.60 Å². The number of ether oxygens (including phenoxy) is 1. The molecular formula is C26H22FN3O3. The van der Waals surface area contributed by atoms with Crippen molar-refractivity contribution in [1.29, 1.82) is 0 Å². The maximum absolute atomic E-state index is 13.6. The maximum atomic E-state index is 13.6. The van der Waals surface area contributed by atoms with E-state index in [-0.39, 0.29) is 17.7 Å². The molecule has 6 rings (SSSR count). The molecule has 3 aromatic rings. The van der Waals surface area contributed by atoms with Crippen LogP contribution in [0.15, 0.2) is 55.0 Å². The van der Waals surface area contributed by atoms with Gasteiger partial charge < -0.3 is 9.64 Å². The Kier molecular flexibility index (Phi) is 4.21. The van der Waals surface area contributed by atoms with E-state index >= 15 is 0 Å². The summed E-state index contributed by atoms with van der Waals surface area (Å²) in [7, 11) is 0. The molecule has 4 heterocycles. The van der Waals surface area contributed by atoms with Crippen molar-refractivity contribution in [2.75, 3.05) is 13.1 Å². The van der Waals surface area contributed by atoms with Gasteiger partial charge in [-0.05, 0) is 61.2 Å². The zero-order valence-electron chi connectivity index (χ0n) is 18.2. The zero-order chi connectivity index (χ0) is 22.8. The number of pyridine rings is 2. The summed E-state index contributed by atoms with van der Waals surface area (Å²) in [5.41, 5.74) is 3.30. The van der Waals surface area contributed by atoms with Gasteiger partial charge in [0.25, 0.3) is 0 Å². The second kappa shape index (κ2) is 6.94. The molecule has 1 aliphatic carbocycles. The molecule has 1 spiro atoms. The third-order valence-electron chi connectivity index (χ3n) is 7.28. The molecular weight excluding hydrogens is 421 g/mol. The van der Waals surface area contributed by atoms with Gasteiger partial charge >= 0.3 is 5.97 Å². The Balaban J connectivity index is 1.24. The van der Waals surface area contributed by atoms with Crippen LogP contribution in [0, 0.1) is 12.7 Å². The lowest BCUT2D eigenvalue weighted by atomic mass is 9.92. The van der Waals surface area contributed by atoms with Gasteiger partial charge in [0.05, 0.1) is 23.2 Å². The van der Waals surface area contributed by atoms with Crippen molar-refractivity contribution in [3.8, 4) is 11.3 Å². The molecule has 2 aromatic heterocycles. The number of nitrogens with zero attached hydrogens (tertiary/aromatic N) is 3. The van der Waals surface area contributed by atoms with Crippen LogP contribution in [0.25, 0.3) is 11.3 Å². The zero-order valence-corrected chi connectivity index (χ0v) is 18.2. The second-order valence-electron chi connectivity index (χ2n) is 9.26. The Hall–Kier alpha value is -3.61. The van der Waals surface area contributed by atoms with Gasteiger partial charge in [-0.3, -0.25) is 14.8 Å². The van der Waals surface area contributed by atoms with Crippen LogP contribution < -0.4 is 0 Å². The molecule has 3 aliphatic rings. The largest absolute Gasteiger partial charge is 0.449 e. The minimum absolute atomic E-state index is 0.0606. The van der Waals surface area contributed by atoms with E-state index in [1.54, 1.807) is 18.5 Å². The quantitative estimate of drug-likeness (QED) is 0.574. The number of benzene rings is 1. The van der Waals surface area contributed by atoms with E-state index in [1.165, 1.54) is 18.3 Å². The molecule has 1 atom stereocenters. The van der Waals surface area contributed by atoms with Crippen molar-refractivity contribution in [2.24, 2.45) is 0 Å². The fourth-order valence-corrected chi connectivity index (χ4v) is 5.30. The maximum Gasteiger partial charge on any atom is 0.341 e. The summed E-state index contributed by atoms with van der Waals surface area (Å²) in [6, 6.07) is 10.3. The van der Waals surface area contributed by atoms with Gasteiger partial charge in [0.1, 0.15) is 5.82 Å². The Morgan fingerprint density at radius 1 is 1.09 bits per heavy atom.